The molecule has 0 saturated carbocycles. The molecule has 0 fully saturated rings. The second-order valence-corrected chi connectivity index (χ2v) is 6.05. The zero-order valence-electron chi connectivity index (χ0n) is 11.0. The van der Waals surface area contributed by atoms with Gasteiger partial charge >= 0.3 is 0 Å². The molecule has 5 heteroatoms. The van der Waals surface area contributed by atoms with E-state index in [-0.39, 0.29) is 11.9 Å². The van der Waals surface area contributed by atoms with Crippen LogP contribution in [0.15, 0.2) is 40.9 Å². The Morgan fingerprint density at radius 1 is 1.30 bits per heavy atom. The highest BCUT2D eigenvalue weighted by Gasteiger charge is 2.14. The van der Waals surface area contributed by atoms with E-state index in [0.717, 1.165) is 21.2 Å². The van der Waals surface area contributed by atoms with Gasteiger partial charge in [0, 0.05) is 9.50 Å². The molecule has 1 unspecified atom stereocenters. The maximum Gasteiger partial charge on any atom is 0.123 e. The molecule has 2 aromatic rings. The Kier molecular flexibility index (Phi) is 5.16. The lowest BCUT2D eigenvalue weighted by molar-refractivity contribution is 0.547. The van der Waals surface area contributed by atoms with Crippen LogP contribution < -0.4 is 11.3 Å². The molecule has 1 atom stereocenters. The minimum absolute atomic E-state index is 0.134. The van der Waals surface area contributed by atoms with Crippen molar-refractivity contribution in [2.45, 2.75) is 19.4 Å². The van der Waals surface area contributed by atoms with Gasteiger partial charge in [0.15, 0.2) is 0 Å². The summed E-state index contributed by atoms with van der Waals surface area (Å²) in [4.78, 5) is 0. The first kappa shape index (κ1) is 15.4. The minimum atomic E-state index is -0.242. The molecule has 2 rings (SSSR count). The summed E-state index contributed by atoms with van der Waals surface area (Å²) in [6.45, 7) is 1.95. The fraction of sp³-hybridized carbons (Fsp3) is 0.200. The minimum Gasteiger partial charge on any atom is -0.271 e. The molecule has 0 amide bonds. The zero-order valence-corrected chi connectivity index (χ0v) is 13.3. The molecule has 2 nitrogen and oxygen atoms in total. The van der Waals surface area contributed by atoms with Gasteiger partial charge in [-0.2, -0.15) is 0 Å². The molecule has 3 N–H and O–H groups in total. The van der Waals surface area contributed by atoms with Gasteiger partial charge in [-0.15, -0.1) is 0 Å². The highest BCUT2D eigenvalue weighted by atomic mass is 79.9. The molecule has 0 aliphatic heterocycles. The largest absolute Gasteiger partial charge is 0.271 e. The Morgan fingerprint density at radius 3 is 2.70 bits per heavy atom. The summed E-state index contributed by atoms with van der Waals surface area (Å²) in [5.74, 6) is 5.40. The average molecular weight is 358 g/mol. The maximum atomic E-state index is 13.4. The molecular formula is C15H15BrClFN2. The van der Waals surface area contributed by atoms with E-state index in [1.165, 1.54) is 6.07 Å². The van der Waals surface area contributed by atoms with Crippen molar-refractivity contribution in [3.63, 3.8) is 0 Å². The number of hydrogen-bond acceptors (Lipinski definition) is 2. The SMILES string of the molecule is Cc1ccc(F)cc1CC(NN)c1cc(Cl)cc(Br)c1. The maximum absolute atomic E-state index is 13.4. The first-order chi connectivity index (χ1) is 9.49. The van der Waals surface area contributed by atoms with Crippen molar-refractivity contribution < 1.29 is 4.39 Å². The fourth-order valence-electron chi connectivity index (χ4n) is 2.13. The van der Waals surface area contributed by atoms with Gasteiger partial charge in [0.1, 0.15) is 5.82 Å². The van der Waals surface area contributed by atoms with Gasteiger partial charge in [-0.1, -0.05) is 33.6 Å². The Bertz CT molecular complexity index is 599. The lowest BCUT2D eigenvalue weighted by Gasteiger charge is -2.18. The van der Waals surface area contributed by atoms with E-state index in [1.807, 2.05) is 25.1 Å². The van der Waals surface area contributed by atoms with Crippen LogP contribution in [0.1, 0.15) is 22.7 Å². The standard InChI is InChI=1S/C15H15BrClFN2/c1-9-2-3-14(18)6-10(9)7-15(20-19)11-4-12(16)8-13(17)5-11/h2-6,8,15,20H,7,19H2,1H3. The van der Waals surface area contributed by atoms with Crippen LogP contribution in [0.25, 0.3) is 0 Å². The normalized spacial score (nSPS) is 12.4. The summed E-state index contributed by atoms with van der Waals surface area (Å²) in [7, 11) is 0. The first-order valence-corrected chi connectivity index (χ1v) is 7.34. The molecule has 0 aliphatic rings. The van der Waals surface area contributed by atoms with E-state index in [0.29, 0.717) is 11.4 Å². The fourth-order valence-corrected chi connectivity index (χ4v) is 3.02. The highest BCUT2D eigenvalue weighted by molar-refractivity contribution is 9.10. The quantitative estimate of drug-likeness (QED) is 0.632. The average Bonchev–Trinajstić information content (AvgIpc) is 2.38. The Balaban J connectivity index is 2.30. The van der Waals surface area contributed by atoms with E-state index in [1.54, 1.807) is 12.1 Å². The topological polar surface area (TPSA) is 38.0 Å². The first-order valence-electron chi connectivity index (χ1n) is 6.16. The number of halogens is 3. The molecule has 0 saturated heterocycles. The van der Waals surface area contributed by atoms with Gasteiger partial charge in [0.05, 0.1) is 6.04 Å². The lowest BCUT2D eigenvalue weighted by atomic mass is 9.96. The third-order valence-corrected chi connectivity index (χ3v) is 3.90. The van der Waals surface area contributed by atoms with Crippen LogP contribution >= 0.6 is 27.5 Å². The van der Waals surface area contributed by atoms with Crippen molar-refractivity contribution >= 4 is 27.5 Å². The number of nitrogens with two attached hydrogens (primary N) is 1. The van der Waals surface area contributed by atoms with Gasteiger partial charge in [-0.25, -0.2) is 4.39 Å². The second kappa shape index (κ2) is 6.68. The number of nitrogens with one attached hydrogen (secondary N) is 1. The molecule has 20 heavy (non-hydrogen) atoms. The van der Waals surface area contributed by atoms with Gasteiger partial charge in [-0.05, 0) is 60.4 Å². The smallest absolute Gasteiger partial charge is 0.123 e. The number of benzene rings is 2. The number of hydrogen-bond donors (Lipinski definition) is 2. The van der Waals surface area contributed by atoms with Gasteiger partial charge < -0.3 is 0 Å². The molecule has 2 aromatic carbocycles. The van der Waals surface area contributed by atoms with E-state index >= 15 is 0 Å². The van der Waals surface area contributed by atoms with Gasteiger partial charge in [0.25, 0.3) is 0 Å². The van der Waals surface area contributed by atoms with E-state index in [2.05, 4.69) is 21.4 Å². The molecule has 0 aromatic heterocycles. The highest BCUT2D eigenvalue weighted by Crippen LogP contribution is 2.26. The van der Waals surface area contributed by atoms with Crippen LogP contribution in [0, 0.1) is 12.7 Å². The van der Waals surface area contributed by atoms with Crippen molar-refractivity contribution in [1.82, 2.24) is 5.43 Å². The Hall–Kier alpha value is -0.940. The van der Waals surface area contributed by atoms with Crippen molar-refractivity contribution in [2.75, 3.05) is 0 Å². The van der Waals surface area contributed by atoms with Crippen LogP contribution in [0.5, 0.6) is 0 Å². The van der Waals surface area contributed by atoms with E-state index < -0.39 is 0 Å². The van der Waals surface area contributed by atoms with Crippen molar-refractivity contribution in [1.29, 1.82) is 0 Å². The predicted molar refractivity (Wildman–Crippen MR) is 84.1 cm³/mol. The molecule has 0 aliphatic carbocycles. The van der Waals surface area contributed by atoms with E-state index in [9.17, 15) is 4.39 Å². The van der Waals surface area contributed by atoms with Crippen LogP contribution in [-0.4, -0.2) is 0 Å². The summed E-state index contributed by atoms with van der Waals surface area (Å²) < 4.78 is 14.2. The summed E-state index contributed by atoms with van der Waals surface area (Å²) >= 11 is 9.46. The number of aryl methyl sites for hydroxylation is 1. The van der Waals surface area contributed by atoms with E-state index in [4.69, 9.17) is 17.4 Å². The lowest BCUT2D eigenvalue weighted by Crippen LogP contribution is -2.29. The van der Waals surface area contributed by atoms with Gasteiger partial charge in [0.2, 0.25) is 0 Å². The molecule has 0 radical (unpaired) electrons. The predicted octanol–water partition coefficient (Wildman–Crippen LogP) is 4.30. The monoisotopic (exact) mass is 356 g/mol. The Morgan fingerprint density at radius 2 is 2.05 bits per heavy atom. The molecule has 106 valence electrons. The van der Waals surface area contributed by atoms with Gasteiger partial charge in [-0.3, -0.25) is 11.3 Å². The second-order valence-electron chi connectivity index (χ2n) is 4.70. The third kappa shape index (κ3) is 3.79. The number of hydrazine groups is 1. The van der Waals surface area contributed by atoms with Crippen LogP contribution in [0.2, 0.25) is 5.02 Å². The summed E-state index contributed by atoms with van der Waals surface area (Å²) in [6.07, 6.45) is 0.590. The molecule has 0 bridgehead atoms. The molecular weight excluding hydrogens is 343 g/mol. The number of rotatable bonds is 4. The van der Waals surface area contributed by atoms with Crippen molar-refractivity contribution in [2.24, 2.45) is 5.84 Å². The van der Waals surface area contributed by atoms with Crippen molar-refractivity contribution in [3.05, 3.63) is 68.4 Å². The van der Waals surface area contributed by atoms with Crippen LogP contribution in [0.3, 0.4) is 0 Å². The van der Waals surface area contributed by atoms with Crippen LogP contribution in [0.4, 0.5) is 4.39 Å². The molecule has 0 heterocycles. The summed E-state index contributed by atoms with van der Waals surface area (Å²) in [5.41, 5.74) is 5.68. The summed E-state index contributed by atoms with van der Waals surface area (Å²) in [5, 5.41) is 0.630. The summed E-state index contributed by atoms with van der Waals surface area (Å²) in [6, 6.07) is 10.2. The van der Waals surface area contributed by atoms with Crippen LogP contribution in [-0.2, 0) is 6.42 Å². The molecule has 0 spiro atoms. The zero-order chi connectivity index (χ0) is 14.7. The third-order valence-electron chi connectivity index (χ3n) is 3.22. The Labute approximate surface area is 131 Å². The van der Waals surface area contributed by atoms with Crippen molar-refractivity contribution in [3.8, 4) is 0 Å².